The lowest BCUT2D eigenvalue weighted by atomic mass is 10.1. The average molecular weight is 398 g/mol. The Bertz CT molecular complexity index is 840. The number of carbonyl (C=O) groups is 1. The van der Waals surface area contributed by atoms with Gasteiger partial charge in [-0.15, -0.1) is 6.42 Å². The molecule has 154 valence electrons. The van der Waals surface area contributed by atoms with Gasteiger partial charge in [-0.2, -0.15) is 0 Å². The summed E-state index contributed by atoms with van der Waals surface area (Å²) in [6, 6.07) is 9.91. The number of benzene rings is 1. The van der Waals surface area contributed by atoms with E-state index in [2.05, 4.69) is 16.1 Å². The van der Waals surface area contributed by atoms with Gasteiger partial charge >= 0.3 is 0 Å². The van der Waals surface area contributed by atoms with Crippen LogP contribution in [0.4, 0.5) is 0 Å². The van der Waals surface area contributed by atoms with E-state index in [0.717, 1.165) is 18.7 Å². The highest BCUT2D eigenvalue weighted by Gasteiger charge is 2.27. The minimum atomic E-state index is -0.619. The highest BCUT2D eigenvalue weighted by molar-refractivity contribution is 5.94. The van der Waals surface area contributed by atoms with Crippen LogP contribution in [0.25, 0.3) is 0 Å². The molecule has 2 heterocycles. The lowest BCUT2D eigenvalue weighted by molar-refractivity contribution is 0.0794. The number of hydrogen-bond acceptors (Lipinski definition) is 6. The normalized spacial score (nSPS) is 19.9. The van der Waals surface area contributed by atoms with Crippen molar-refractivity contribution in [3.05, 3.63) is 53.5 Å². The van der Waals surface area contributed by atoms with Gasteiger partial charge in [0.1, 0.15) is 30.5 Å². The summed E-state index contributed by atoms with van der Waals surface area (Å²) in [5.74, 6) is 4.01. The molecule has 7 nitrogen and oxygen atoms in total. The van der Waals surface area contributed by atoms with Crippen molar-refractivity contribution in [2.45, 2.75) is 38.1 Å². The Morgan fingerprint density at radius 1 is 1.28 bits per heavy atom. The number of carbonyl (C=O) groups excluding carboxylic acids is 1. The van der Waals surface area contributed by atoms with Crippen molar-refractivity contribution < 1.29 is 24.2 Å². The first kappa shape index (κ1) is 20.9. The maximum absolute atomic E-state index is 12.6. The second-order valence-electron chi connectivity index (χ2n) is 7.07. The maximum Gasteiger partial charge on any atom is 0.251 e. The van der Waals surface area contributed by atoms with Crippen LogP contribution in [0.15, 0.2) is 40.8 Å². The van der Waals surface area contributed by atoms with Crippen molar-refractivity contribution in [1.82, 2.24) is 10.2 Å². The minimum Gasteiger partial charge on any atom is -0.481 e. The molecule has 0 saturated carbocycles. The van der Waals surface area contributed by atoms with Gasteiger partial charge in [0.05, 0.1) is 18.7 Å². The molecule has 7 heteroatoms. The molecule has 1 amide bonds. The van der Waals surface area contributed by atoms with E-state index in [-0.39, 0.29) is 19.1 Å². The predicted octanol–water partition coefficient (Wildman–Crippen LogP) is 1.54. The third-order valence-electron chi connectivity index (χ3n) is 4.90. The van der Waals surface area contributed by atoms with Crippen LogP contribution in [-0.4, -0.2) is 52.9 Å². The lowest BCUT2D eigenvalue weighted by Crippen LogP contribution is -2.48. The molecule has 2 atom stereocenters. The summed E-state index contributed by atoms with van der Waals surface area (Å²) < 4.78 is 10.9. The molecule has 1 aromatic heterocycles. The van der Waals surface area contributed by atoms with Crippen molar-refractivity contribution >= 4 is 5.91 Å². The molecular weight excluding hydrogens is 372 g/mol. The Morgan fingerprint density at radius 3 is 2.72 bits per heavy atom. The van der Waals surface area contributed by atoms with Gasteiger partial charge in [-0.05, 0) is 55.8 Å². The summed E-state index contributed by atoms with van der Waals surface area (Å²) >= 11 is 0. The number of nitrogens with one attached hydrogen (secondary N) is 1. The van der Waals surface area contributed by atoms with Crippen molar-refractivity contribution in [3.8, 4) is 18.1 Å². The maximum atomic E-state index is 12.6. The topological polar surface area (TPSA) is 95.2 Å². The van der Waals surface area contributed by atoms with Crippen LogP contribution in [0.1, 0.15) is 34.7 Å². The fraction of sp³-hybridized carbons (Fsp3) is 0.409. The molecule has 0 aliphatic carbocycles. The summed E-state index contributed by atoms with van der Waals surface area (Å²) in [6.07, 6.45) is 5.98. The molecule has 1 aliphatic rings. The molecule has 3 N–H and O–H groups in total. The standard InChI is InChI=1S/C22H26N2O5/c1-2-12-28-17-7-5-16(6-8-17)22(27)23-20-14-24(11-3-4-21(20)26)13-18-9-10-19(15-25)29-18/h1,5-10,20-21,25-26H,3-4,11-15H2,(H,23,27)/t20-,21-/m1/s1. The van der Waals surface area contributed by atoms with Crippen molar-refractivity contribution in [1.29, 1.82) is 0 Å². The zero-order valence-corrected chi connectivity index (χ0v) is 16.2. The first-order valence-electron chi connectivity index (χ1n) is 9.65. The monoisotopic (exact) mass is 398 g/mol. The van der Waals surface area contributed by atoms with Crippen LogP contribution in [0.2, 0.25) is 0 Å². The van der Waals surface area contributed by atoms with Crippen LogP contribution in [0.3, 0.4) is 0 Å². The number of aliphatic hydroxyl groups excluding tert-OH is 2. The Balaban J connectivity index is 1.61. The van der Waals surface area contributed by atoms with Gasteiger partial charge in [0, 0.05) is 12.1 Å². The van der Waals surface area contributed by atoms with Crippen LogP contribution in [0.5, 0.6) is 5.75 Å². The first-order valence-corrected chi connectivity index (χ1v) is 9.65. The van der Waals surface area contributed by atoms with Crippen LogP contribution in [-0.2, 0) is 13.2 Å². The van der Waals surface area contributed by atoms with E-state index in [0.29, 0.717) is 36.6 Å². The molecule has 1 aliphatic heterocycles. The molecule has 1 saturated heterocycles. The minimum absolute atomic E-state index is 0.135. The van der Waals surface area contributed by atoms with E-state index in [1.807, 2.05) is 6.07 Å². The second kappa shape index (κ2) is 10.1. The smallest absolute Gasteiger partial charge is 0.251 e. The van der Waals surface area contributed by atoms with Crippen LogP contribution < -0.4 is 10.1 Å². The third kappa shape index (κ3) is 5.84. The molecule has 3 rings (SSSR count). The van der Waals surface area contributed by atoms with E-state index < -0.39 is 12.1 Å². The molecule has 29 heavy (non-hydrogen) atoms. The van der Waals surface area contributed by atoms with Crippen LogP contribution >= 0.6 is 0 Å². The highest BCUT2D eigenvalue weighted by atomic mass is 16.5. The van der Waals surface area contributed by atoms with Gasteiger partial charge in [0.15, 0.2) is 0 Å². The van der Waals surface area contributed by atoms with Gasteiger partial charge in [-0.25, -0.2) is 0 Å². The Morgan fingerprint density at radius 2 is 2.03 bits per heavy atom. The van der Waals surface area contributed by atoms with Crippen molar-refractivity contribution in [3.63, 3.8) is 0 Å². The summed E-state index contributed by atoms with van der Waals surface area (Å²) in [6.45, 7) is 1.89. The van der Waals surface area contributed by atoms with E-state index >= 15 is 0 Å². The number of likely N-dealkylation sites (tertiary alicyclic amines) is 1. The summed E-state index contributed by atoms with van der Waals surface area (Å²) in [4.78, 5) is 14.8. The molecule has 0 radical (unpaired) electrons. The largest absolute Gasteiger partial charge is 0.481 e. The van der Waals surface area contributed by atoms with Crippen LogP contribution in [0, 0.1) is 12.3 Å². The molecular formula is C22H26N2O5. The summed E-state index contributed by atoms with van der Waals surface area (Å²) in [7, 11) is 0. The first-order chi connectivity index (χ1) is 14.1. The lowest BCUT2D eigenvalue weighted by Gasteiger charge is -2.26. The summed E-state index contributed by atoms with van der Waals surface area (Å²) in [5, 5.41) is 22.6. The van der Waals surface area contributed by atoms with E-state index in [1.165, 1.54) is 0 Å². The van der Waals surface area contributed by atoms with Gasteiger partial charge in [-0.1, -0.05) is 5.92 Å². The fourth-order valence-corrected chi connectivity index (χ4v) is 3.39. The van der Waals surface area contributed by atoms with E-state index in [1.54, 1.807) is 30.3 Å². The predicted molar refractivity (Wildman–Crippen MR) is 107 cm³/mol. The molecule has 0 unspecified atom stereocenters. The van der Waals surface area contributed by atoms with Gasteiger partial charge < -0.3 is 24.7 Å². The number of aliphatic hydroxyl groups is 2. The number of furan rings is 1. The van der Waals surface area contributed by atoms with Gasteiger partial charge in [0.2, 0.25) is 0 Å². The Hall–Kier alpha value is -2.79. The molecule has 0 spiro atoms. The number of ether oxygens (including phenoxy) is 1. The summed E-state index contributed by atoms with van der Waals surface area (Å²) in [5.41, 5.74) is 0.486. The zero-order valence-electron chi connectivity index (χ0n) is 16.2. The Labute approximate surface area is 170 Å². The highest BCUT2D eigenvalue weighted by Crippen LogP contribution is 2.18. The average Bonchev–Trinajstić information content (AvgIpc) is 3.12. The molecule has 2 aromatic rings. The van der Waals surface area contributed by atoms with E-state index in [9.17, 15) is 9.90 Å². The van der Waals surface area contributed by atoms with Gasteiger partial charge in [0.25, 0.3) is 5.91 Å². The SMILES string of the molecule is C#CCOc1ccc(C(=O)N[C@@H]2CN(Cc3ccc(CO)o3)CCC[C@H]2O)cc1. The molecule has 1 fully saturated rings. The number of nitrogens with zero attached hydrogens (tertiary/aromatic N) is 1. The molecule has 1 aromatic carbocycles. The Kier molecular flexibility index (Phi) is 7.30. The van der Waals surface area contributed by atoms with Crippen molar-refractivity contribution in [2.75, 3.05) is 19.7 Å². The fourth-order valence-electron chi connectivity index (χ4n) is 3.39. The second-order valence-corrected chi connectivity index (χ2v) is 7.07. The number of hydrogen-bond donors (Lipinski definition) is 3. The number of rotatable bonds is 7. The van der Waals surface area contributed by atoms with E-state index in [4.69, 9.17) is 20.7 Å². The van der Waals surface area contributed by atoms with Crippen molar-refractivity contribution in [2.24, 2.45) is 0 Å². The molecule has 0 bridgehead atoms. The third-order valence-corrected chi connectivity index (χ3v) is 4.90. The number of terminal acetylenes is 1. The zero-order chi connectivity index (χ0) is 20.6. The quantitative estimate of drug-likeness (QED) is 0.613. The number of amides is 1. The van der Waals surface area contributed by atoms with Gasteiger partial charge in [-0.3, -0.25) is 9.69 Å².